The van der Waals surface area contributed by atoms with Crippen molar-refractivity contribution in [1.29, 1.82) is 0 Å². The summed E-state index contributed by atoms with van der Waals surface area (Å²) in [5, 5.41) is 15.0. The molecule has 0 spiro atoms. The minimum Gasteiger partial charge on any atom is -0.399 e. The molecule has 0 amide bonds. The molecule has 226 valence electrons. The topological polar surface area (TPSA) is 57.1 Å². The third-order valence-corrected chi connectivity index (χ3v) is 9.84. The van der Waals surface area contributed by atoms with E-state index in [0.29, 0.717) is 0 Å². The Morgan fingerprint density at radius 3 is 1.98 bits per heavy atom. The molecule has 8 aromatic rings. The second-order valence-electron chi connectivity index (χ2n) is 12.6. The van der Waals surface area contributed by atoms with Gasteiger partial charge in [0.05, 0.1) is 0 Å². The molecule has 0 bridgehead atoms. The van der Waals surface area contributed by atoms with Crippen LogP contribution in [-0.2, 0) is 0 Å². The molecule has 4 nitrogen and oxygen atoms in total. The zero-order chi connectivity index (χ0) is 31.5. The molecule has 0 radical (unpaired) electrons. The van der Waals surface area contributed by atoms with Gasteiger partial charge in [-0.2, -0.15) is 0 Å². The van der Waals surface area contributed by atoms with Crippen molar-refractivity contribution in [3.8, 4) is 0 Å². The van der Waals surface area contributed by atoms with Crippen LogP contribution in [0.1, 0.15) is 24.2 Å². The van der Waals surface area contributed by atoms with Crippen LogP contribution in [0.2, 0.25) is 0 Å². The van der Waals surface area contributed by atoms with Crippen LogP contribution in [-0.4, -0.2) is 11.1 Å². The van der Waals surface area contributed by atoms with Crippen molar-refractivity contribution in [2.45, 2.75) is 19.3 Å². The molecule has 2 unspecified atom stereocenters. The van der Waals surface area contributed by atoms with Gasteiger partial charge in [-0.15, -0.1) is 0 Å². The van der Waals surface area contributed by atoms with Crippen molar-refractivity contribution in [1.82, 2.24) is 10.3 Å². The maximum absolute atomic E-state index is 7.01. The molecule has 1 saturated heterocycles. The summed E-state index contributed by atoms with van der Waals surface area (Å²) in [7, 11) is 0. The zero-order valence-corrected chi connectivity index (χ0v) is 26.1. The van der Waals surface area contributed by atoms with Crippen LogP contribution < -0.4 is 16.0 Å². The number of fused-ring (bicyclic) bond motifs is 7. The molecule has 7 aromatic carbocycles. The molecule has 0 saturated carbocycles. The second kappa shape index (κ2) is 10.9. The lowest BCUT2D eigenvalue weighted by atomic mass is 9.91. The van der Waals surface area contributed by atoms with Crippen LogP contribution in [0, 0.1) is 0 Å². The summed E-state index contributed by atoms with van der Waals surface area (Å²) in [4.78, 5) is 5.80. The van der Waals surface area contributed by atoms with Crippen LogP contribution in [0.25, 0.3) is 59.6 Å². The van der Waals surface area contributed by atoms with Gasteiger partial charge in [-0.1, -0.05) is 115 Å². The fourth-order valence-electron chi connectivity index (χ4n) is 7.41. The number of allylic oxidation sites excluding steroid dienone is 3. The second-order valence-corrected chi connectivity index (χ2v) is 12.6. The van der Waals surface area contributed by atoms with Crippen LogP contribution in [0.4, 0.5) is 5.69 Å². The molecule has 47 heavy (non-hydrogen) atoms. The van der Waals surface area contributed by atoms with Crippen molar-refractivity contribution in [3.63, 3.8) is 0 Å². The van der Waals surface area contributed by atoms with Gasteiger partial charge in [-0.25, -0.2) is 0 Å². The van der Waals surface area contributed by atoms with Gasteiger partial charge in [0.1, 0.15) is 12.3 Å². The number of aromatic amines is 1. The van der Waals surface area contributed by atoms with Crippen LogP contribution in [0.15, 0.2) is 158 Å². The molecular weight excluding hydrogens is 573 g/mol. The zero-order valence-electron chi connectivity index (χ0n) is 26.1. The number of hydrogen-bond acceptors (Lipinski definition) is 3. The van der Waals surface area contributed by atoms with Gasteiger partial charge in [0.25, 0.3) is 0 Å². The molecular formula is C43H34N4. The van der Waals surface area contributed by atoms with Gasteiger partial charge < -0.3 is 15.6 Å². The number of nitrogens with zero attached hydrogens (tertiary/aromatic N) is 1. The molecule has 4 heteroatoms. The maximum Gasteiger partial charge on any atom is 0.124 e. The van der Waals surface area contributed by atoms with Gasteiger partial charge in [-0.3, -0.25) is 5.32 Å². The highest BCUT2D eigenvalue weighted by Crippen LogP contribution is 2.45. The van der Waals surface area contributed by atoms with Crippen molar-refractivity contribution < 1.29 is 0 Å². The van der Waals surface area contributed by atoms with E-state index < -0.39 is 0 Å². The van der Waals surface area contributed by atoms with Crippen molar-refractivity contribution in [2.24, 2.45) is 5.73 Å². The molecule has 1 aliphatic rings. The smallest absolute Gasteiger partial charge is 0.124 e. The lowest BCUT2D eigenvalue weighted by molar-refractivity contribution is 0.306. The summed E-state index contributed by atoms with van der Waals surface area (Å²) in [6.45, 7) is 2.14. The van der Waals surface area contributed by atoms with Crippen LogP contribution in [0.5, 0.6) is 0 Å². The van der Waals surface area contributed by atoms with E-state index in [9.17, 15) is 0 Å². The molecule has 1 aliphatic heterocycles. The number of nitrogens with two attached hydrogens (primary N) is 1. The summed E-state index contributed by atoms with van der Waals surface area (Å²) in [6.07, 6.45) is 5.91. The Labute approximate surface area is 273 Å². The van der Waals surface area contributed by atoms with Gasteiger partial charge in [0, 0.05) is 28.5 Å². The highest BCUT2D eigenvalue weighted by atomic mass is 15.5. The van der Waals surface area contributed by atoms with E-state index in [2.05, 4.69) is 168 Å². The third-order valence-electron chi connectivity index (χ3n) is 9.84. The van der Waals surface area contributed by atoms with Gasteiger partial charge >= 0.3 is 0 Å². The fourth-order valence-corrected chi connectivity index (χ4v) is 7.41. The molecule has 2 atom stereocenters. The Hall–Kier alpha value is -5.84. The minimum absolute atomic E-state index is 0.0774. The van der Waals surface area contributed by atoms with Gasteiger partial charge in [0.15, 0.2) is 0 Å². The minimum atomic E-state index is -0.190. The van der Waals surface area contributed by atoms with Crippen LogP contribution in [0.3, 0.4) is 0 Å². The van der Waals surface area contributed by atoms with E-state index >= 15 is 0 Å². The normalized spacial score (nSPS) is 17.3. The first-order valence-corrected chi connectivity index (χ1v) is 16.2. The first-order valence-electron chi connectivity index (χ1n) is 16.2. The Balaban J connectivity index is 1.20. The van der Waals surface area contributed by atoms with E-state index in [1.54, 1.807) is 0 Å². The predicted octanol–water partition coefficient (Wildman–Crippen LogP) is 10.2. The number of benzene rings is 7. The average Bonchev–Trinajstić information content (AvgIpc) is 3.59. The SMILES string of the molecule is C/C(=C\C=C(/N)C1NC(c2cc3ccccc3c3ccccc23)N1c1cc2ccccc2c2ccccc12)c1ccc2cc[nH]c2c1. The van der Waals surface area contributed by atoms with Crippen molar-refractivity contribution in [2.75, 3.05) is 4.90 Å². The molecule has 1 fully saturated rings. The largest absolute Gasteiger partial charge is 0.399 e. The summed E-state index contributed by atoms with van der Waals surface area (Å²) in [5.74, 6) is 0. The average molecular weight is 607 g/mol. The highest BCUT2D eigenvalue weighted by Gasteiger charge is 2.42. The predicted molar refractivity (Wildman–Crippen MR) is 199 cm³/mol. The highest BCUT2D eigenvalue weighted by molar-refractivity contribution is 6.14. The number of aromatic nitrogens is 1. The number of anilines is 1. The Kier molecular flexibility index (Phi) is 6.37. The summed E-state index contributed by atoms with van der Waals surface area (Å²) in [5.41, 5.74) is 13.6. The lowest BCUT2D eigenvalue weighted by Gasteiger charge is -2.52. The van der Waals surface area contributed by atoms with Crippen molar-refractivity contribution >= 4 is 65.3 Å². The van der Waals surface area contributed by atoms with Gasteiger partial charge in [-0.05, 0) is 97.1 Å². The number of hydrogen-bond donors (Lipinski definition) is 3. The standard InChI is InChI=1S/C43H34N4/c1-27(29-20-19-28-22-23-45-40(28)25-29)18-21-39(44)43-46-42(38-24-30-10-2-4-12-32(30)34-14-6-7-16-36(34)38)47(43)41-26-31-11-3-5-13-33(31)35-15-8-9-17-37(35)41/h2-26,42-43,45-46H,44H2,1H3/b27-18+,39-21-. The summed E-state index contributed by atoms with van der Waals surface area (Å²) in [6, 6.07) is 48.1. The van der Waals surface area contributed by atoms with E-state index in [4.69, 9.17) is 5.73 Å². The Morgan fingerprint density at radius 2 is 1.23 bits per heavy atom. The number of rotatable bonds is 5. The van der Waals surface area contributed by atoms with Crippen LogP contribution >= 0.6 is 0 Å². The molecule has 0 aliphatic carbocycles. The van der Waals surface area contributed by atoms with E-state index in [0.717, 1.165) is 16.8 Å². The summed E-state index contributed by atoms with van der Waals surface area (Å²) < 4.78 is 0. The number of H-pyrrole nitrogens is 1. The first-order chi connectivity index (χ1) is 23.1. The lowest BCUT2D eigenvalue weighted by Crippen LogP contribution is -2.66. The summed E-state index contributed by atoms with van der Waals surface area (Å²) >= 11 is 0. The van der Waals surface area contributed by atoms with Gasteiger partial charge in [0.2, 0.25) is 0 Å². The van der Waals surface area contributed by atoms with E-state index in [-0.39, 0.29) is 12.3 Å². The monoisotopic (exact) mass is 606 g/mol. The molecule has 9 rings (SSSR count). The third kappa shape index (κ3) is 4.49. The van der Waals surface area contributed by atoms with E-state index in [1.807, 2.05) is 6.20 Å². The maximum atomic E-state index is 7.01. The Morgan fingerprint density at radius 1 is 0.617 bits per heavy atom. The number of nitrogens with one attached hydrogen (secondary N) is 2. The quantitative estimate of drug-likeness (QED) is 0.135. The van der Waals surface area contributed by atoms with Crippen molar-refractivity contribution in [3.05, 3.63) is 169 Å². The molecule has 1 aromatic heterocycles. The van der Waals surface area contributed by atoms with E-state index in [1.165, 1.54) is 65.3 Å². The molecule has 2 heterocycles. The first kappa shape index (κ1) is 27.5. The molecule has 4 N–H and O–H groups in total. The Bertz CT molecular complexity index is 2550. The fraction of sp³-hybridized carbons (Fsp3) is 0.0698.